The molecule has 0 saturated heterocycles. The van der Waals surface area contributed by atoms with Gasteiger partial charge < -0.3 is 5.11 Å². The van der Waals surface area contributed by atoms with E-state index in [-0.39, 0.29) is 11.5 Å². The summed E-state index contributed by atoms with van der Waals surface area (Å²) < 4.78 is 0. The number of hydrogen-bond acceptors (Lipinski definition) is 2. The molecule has 1 aliphatic carbocycles. The molecule has 0 fully saturated rings. The predicted molar refractivity (Wildman–Crippen MR) is 65.5 cm³/mol. The summed E-state index contributed by atoms with van der Waals surface area (Å²) in [6.45, 7) is 1.92. The topological polar surface area (TPSA) is 37.3 Å². The average molecular weight is 224 g/mol. The normalized spacial score (nSPS) is 13.1. The van der Waals surface area contributed by atoms with Gasteiger partial charge in [-0.15, -0.1) is 0 Å². The van der Waals surface area contributed by atoms with Crippen LogP contribution in [0.2, 0.25) is 0 Å². The third kappa shape index (κ3) is 1.45. The SMILES string of the molecule is Cc1cc(O)c2c(c1)Cc1ccccc1C2=O. The van der Waals surface area contributed by atoms with Crippen LogP contribution >= 0.6 is 0 Å². The minimum absolute atomic E-state index is 0.0700. The molecule has 0 bridgehead atoms. The van der Waals surface area contributed by atoms with Gasteiger partial charge in [-0.25, -0.2) is 0 Å². The van der Waals surface area contributed by atoms with Gasteiger partial charge in [0.05, 0.1) is 5.56 Å². The fourth-order valence-electron chi connectivity index (χ4n) is 2.48. The van der Waals surface area contributed by atoms with E-state index in [1.165, 1.54) is 0 Å². The van der Waals surface area contributed by atoms with Crippen molar-refractivity contribution in [2.75, 3.05) is 0 Å². The Kier molecular flexibility index (Phi) is 2.05. The molecule has 0 aromatic heterocycles. The van der Waals surface area contributed by atoms with Crippen LogP contribution in [0.4, 0.5) is 0 Å². The third-order valence-electron chi connectivity index (χ3n) is 3.21. The Labute approximate surface area is 99.5 Å². The van der Waals surface area contributed by atoms with E-state index >= 15 is 0 Å². The number of benzene rings is 2. The second-order valence-corrected chi connectivity index (χ2v) is 4.48. The zero-order valence-electron chi connectivity index (χ0n) is 9.53. The van der Waals surface area contributed by atoms with Crippen molar-refractivity contribution < 1.29 is 9.90 Å². The summed E-state index contributed by atoms with van der Waals surface area (Å²) in [5.74, 6) is 0.0267. The molecular weight excluding hydrogens is 212 g/mol. The number of phenols is 1. The standard InChI is InChI=1S/C15H12O2/c1-9-6-11-8-10-4-2-3-5-12(10)15(17)14(11)13(16)7-9/h2-7,16H,8H2,1H3. The van der Waals surface area contributed by atoms with Crippen LogP contribution < -0.4 is 0 Å². The molecule has 0 spiro atoms. The highest BCUT2D eigenvalue weighted by Gasteiger charge is 2.25. The Morgan fingerprint density at radius 3 is 2.71 bits per heavy atom. The zero-order valence-corrected chi connectivity index (χ0v) is 9.53. The summed E-state index contributed by atoms with van der Waals surface area (Å²) in [4.78, 5) is 12.3. The van der Waals surface area contributed by atoms with Crippen LogP contribution in [-0.4, -0.2) is 10.9 Å². The highest BCUT2D eigenvalue weighted by molar-refractivity contribution is 6.14. The van der Waals surface area contributed by atoms with Gasteiger partial charge in [0, 0.05) is 5.56 Å². The van der Waals surface area contributed by atoms with Crippen molar-refractivity contribution in [2.24, 2.45) is 0 Å². The Morgan fingerprint density at radius 2 is 1.88 bits per heavy atom. The van der Waals surface area contributed by atoms with Crippen molar-refractivity contribution in [3.63, 3.8) is 0 Å². The molecule has 0 unspecified atom stereocenters. The van der Waals surface area contributed by atoms with Crippen LogP contribution in [0.3, 0.4) is 0 Å². The molecular formula is C15H12O2. The van der Waals surface area contributed by atoms with Crippen molar-refractivity contribution in [3.05, 3.63) is 64.2 Å². The van der Waals surface area contributed by atoms with Gasteiger partial charge in [0.2, 0.25) is 0 Å². The Morgan fingerprint density at radius 1 is 1.12 bits per heavy atom. The molecule has 2 heteroatoms. The van der Waals surface area contributed by atoms with Gasteiger partial charge in [-0.05, 0) is 36.1 Å². The number of phenolic OH excluding ortho intramolecular Hbond substituents is 1. The van der Waals surface area contributed by atoms with Gasteiger partial charge >= 0.3 is 0 Å². The molecule has 17 heavy (non-hydrogen) atoms. The van der Waals surface area contributed by atoms with Gasteiger partial charge in [-0.1, -0.05) is 30.3 Å². The highest BCUT2D eigenvalue weighted by atomic mass is 16.3. The fraction of sp³-hybridized carbons (Fsp3) is 0.133. The predicted octanol–water partition coefficient (Wildman–Crippen LogP) is 2.84. The first kappa shape index (κ1) is 10.1. The first-order valence-corrected chi connectivity index (χ1v) is 5.62. The highest BCUT2D eigenvalue weighted by Crippen LogP contribution is 2.33. The van der Waals surface area contributed by atoms with E-state index < -0.39 is 0 Å². The van der Waals surface area contributed by atoms with E-state index in [2.05, 4.69) is 0 Å². The molecule has 1 N–H and O–H groups in total. The largest absolute Gasteiger partial charge is 0.507 e. The third-order valence-corrected chi connectivity index (χ3v) is 3.21. The lowest BCUT2D eigenvalue weighted by molar-refractivity contribution is 0.103. The Balaban J connectivity index is 2.27. The van der Waals surface area contributed by atoms with E-state index in [0.29, 0.717) is 17.5 Å². The second-order valence-electron chi connectivity index (χ2n) is 4.48. The molecule has 0 saturated carbocycles. The Bertz CT molecular complexity index is 627. The number of hydrogen-bond donors (Lipinski definition) is 1. The minimum Gasteiger partial charge on any atom is -0.507 e. The van der Waals surface area contributed by atoms with E-state index in [1.54, 1.807) is 6.07 Å². The maximum Gasteiger partial charge on any atom is 0.197 e. The molecule has 0 aliphatic heterocycles. The molecule has 2 nitrogen and oxygen atoms in total. The maximum absolute atomic E-state index is 12.3. The zero-order chi connectivity index (χ0) is 12.0. The number of carbonyl (C=O) groups excluding carboxylic acids is 1. The first-order chi connectivity index (χ1) is 8.16. The quantitative estimate of drug-likeness (QED) is 0.637. The van der Waals surface area contributed by atoms with Crippen LogP contribution in [0.5, 0.6) is 5.75 Å². The smallest absolute Gasteiger partial charge is 0.197 e. The Hall–Kier alpha value is -2.09. The number of rotatable bonds is 0. The lowest BCUT2D eigenvalue weighted by Gasteiger charge is -2.19. The number of ketones is 1. The van der Waals surface area contributed by atoms with Crippen LogP contribution in [0.15, 0.2) is 36.4 Å². The van der Waals surface area contributed by atoms with E-state index in [9.17, 15) is 9.90 Å². The number of fused-ring (bicyclic) bond motifs is 2. The van der Waals surface area contributed by atoms with Crippen molar-refractivity contribution in [2.45, 2.75) is 13.3 Å². The van der Waals surface area contributed by atoms with Crippen LogP contribution in [0.25, 0.3) is 0 Å². The molecule has 0 atom stereocenters. The molecule has 2 aromatic carbocycles. The maximum atomic E-state index is 12.3. The molecule has 2 aromatic rings. The molecule has 0 heterocycles. The summed E-state index contributed by atoms with van der Waals surface area (Å²) >= 11 is 0. The van der Waals surface area contributed by atoms with Crippen molar-refractivity contribution in [3.8, 4) is 5.75 Å². The van der Waals surface area contributed by atoms with Crippen LogP contribution in [0.1, 0.15) is 32.6 Å². The monoisotopic (exact) mass is 224 g/mol. The van der Waals surface area contributed by atoms with E-state index in [4.69, 9.17) is 0 Å². The van der Waals surface area contributed by atoms with E-state index in [1.807, 2.05) is 37.3 Å². The summed E-state index contributed by atoms with van der Waals surface area (Å²) in [7, 11) is 0. The molecule has 0 radical (unpaired) electrons. The second kappa shape index (κ2) is 3.45. The number of carbonyl (C=O) groups is 1. The summed E-state index contributed by atoms with van der Waals surface area (Å²) in [6.07, 6.45) is 0.715. The fourth-order valence-corrected chi connectivity index (χ4v) is 2.48. The molecule has 84 valence electrons. The molecule has 3 rings (SSSR count). The van der Waals surface area contributed by atoms with E-state index in [0.717, 1.165) is 16.7 Å². The summed E-state index contributed by atoms with van der Waals surface area (Å²) in [5.41, 5.74) is 4.11. The van der Waals surface area contributed by atoms with Gasteiger partial charge in [-0.2, -0.15) is 0 Å². The van der Waals surface area contributed by atoms with Crippen LogP contribution in [-0.2, 0) is 6.42 Å². The summed E-state index contributed by atoms with van der Waals surface area (Å²) in [6, 6.07) is 11.2. The van der Waals surface area contributed by atoms with Crippen LogP contribution in [0, 0.1) is 6.92 Å². The first-order valence-electron chi connectivity index (χ1n) is 5.62. The lowest BCUT2D eigenvalue weighted by atomic mass is 9.84. The molecule has 0 amide bonds. The van der Waals surface area contributed by atoms with Crippen molar-refractivity contribution in [1.82, 2.24) is 0 Å². The minimum atomic E-state index is -0.0700. The number of aryl methyl sites for hydroxylation is 1. The molecule has 1 aliphatic rings. The van der Waals surface area contributed by atoms with Crippen molar-refractivity contribution >= 4 is 5.78 Å². The van der Waals surface area contributed by atoms with Gasteiger partial charge in [0.15, 0.2) is 5.78 Å². The van der Waals surface area contributed by atoms with Gasteiger partial charge in [0.1, 0.15) is 5.75 Å². The number of aromatic hydroxyl groups is 1. The van der Waals surface area contributed by atoms with Crippen molar-refractivity contribution in [1.29, 1.82) is 0 Å². The lowest BCUT2D eigenvalue weighted by Crippen LogP contribution is -2.15. The summed E-state index contributed by atoms with van der Waals surface area (Å²) in [5, 5.41) is 9.91. The van der Waals surface area contributed by atoms with Gasteiger partial charge in [0.25, 0.3) is 0 Å². The van der Waals surface area contributed by atoms with Gasteiger partial charge in [-0.3, -0.25) is 4.79 Å². The average Bonchev–Trinajstić information content (AvgIpc) is 2.28.